The van der Waals surface area contributed by atoms with Gasteiger partial charge in [-0.05, 0) is 20.8 Å². The van der Waals surface area contributed by atoms with Crippen molar-refractivity contribution in [1.29, 1.82) is 0 Å². The van der Waals surface area contributed by atoms with Crippen LogP contribution < -0.4 is 5.32 Å². The summed E-state index contributed by atoms with van der Waals surface area (Å²) in [5, 5.41) is 6.27. The number of nitrogens with one attached hydrogen (secondary N) is 1. The maximum absolute atomic E-state index is 12.2. The van der Waals surface area contributed by atoms with Crippen molar-refractivity contribution in [3.05, 3.63) is 18.0 Å². The molecule has 1 aromatic rings. The van der Waals surface area contributed by atoms with Gasteiger partial charge in [-0.15, -0.1) is 0 Å². The Morgan fingerprint density at radius 1 is 1.53 bits per heavy atom. The largest absolute Gasteiger partial charge is 0.360 e. The van der Waals surface area contributed by atoms with E-state index in [0.717, 1.165) is 0 Å². The first-order valence-corrected chi connectivity index (χ1v) is 5.44. The Hall–Kier alpha value is -1.85. The average Bonchev–Trinajstić information content (AvgIpc) is 2.74. The normalized spacial score (nSPS) is 23.7. The first kappa shape index (κ1) is 11.6. The third-order valence-corrected chi connectivity index (χ3v) is 2.90. The Bertz CT molecular complexity index is 439. The molecule has 0 aromatic carbocycles. The van der Waals surface area contributed by atoms with Gasteiger partial charge in [-0.1, -0.05) is 5.16 Å². The zero-order chi connectivity index (χ0) is 12.6. The number of hydrogen-bond donors (Lipinski definition) is 1. The van der Waals surface area contributed by atoms with Crippen molar-refractivity contribution < 1.29 is 14.1 Å². The molecule has 1 aliphatic rings. The van der Waals surface area contributed by atoms with E-state index < -0.39 is 11.6 Å². The van der Waals surface area contributed by atoms with E-state index in [9.17, 15) is 9.59 Å². The van der Waals surface area contributed by atoms with Gasteiger partial charge >= 0.3 is 0 Å². The first-order valence-electron chi connectivity index (χ1n) is 5.44. The van der Waals surface area contributed by atoms with E-state index in [0.29, 0.717) is 5.76 Å². The number of carbonyl (C=O) groups excluding carboxylic acids is 2. The maximum Gasteiger partial charge on any atom is 0.248 e. The quantitative estimate of drug-likeness (QED) is 0.802. The first-order chi connectivity index (χ1) is 7.92. The van der Waals surface area contributed by atoms with Gasteiger partial charge in [0.05, 0.1) is 12.7 Å². The van der Waals surface area contributed by atoms with Crippen molar-refractivity contribution in [2.75, 3.05) is 0 Å². The number of piperazine rings is 1. The molecule has 1 unspecified atom stereocenters. The van der Waals surface area contributed by atoms with Crippen LogP contribution in [-0.2, 0) is 16.1 Å². The number of amides is 2. The molecule has 1 N–H and O–H groups in total. The van der Waals surface area contributed by atoms with Crippen molar-refractivity contribution in [3.8, 4) is 0 Å². The predicted molar refractivity (Wildman–Crippen MR) is 58.7 cm³/mol. The summed E-state index contributed by atoms with van der Waals surface area (Å²) in [5.74, 6) is 0.283. The third-order valence-electron chi connectivity index (χ3n) is 2.90. The molecule has 92 valence electrons. The SMILES string of the molecule is CC1C(=O)NC(C)(C)C(=O)N1Cc1ccno1. The highest BCUT2D eigenvalue weighted by Gasteiger charge is 2.43. The summed E-state index contributed by atoms with van der Waals surface area (Å²) in [6.45, 7) is 5.33. The van der Waals surface area contributed by atoms with Crippen molar-refractivity contribution in [2.24, 2.45) is 0 Å². The van der Waals surface area contributed by atoms with Gasteiger partial charge in [0.15, 0.2) is 5.76 Å². The van der Waals surface area contributed by atoms with E-state index in [-0.39, 0.29) is 18.4 Å². The fraction of sp³-hybridized carbons (Fsp3) is 0.545. The number of hydrogen-bond acceptors (Lipinski definition) is 4. The molecule has 17 heavy (non-hydrogen) atoms. The van der Waals surface area contributed by atoms with Crippen LogP contribution in [0.15, 0.2) is 16.8 Å². The Kier molecular flexibility index (Phi) is 2.65. The van der Waals surface area contributed by atoms with Gasteiger partial charge in [0, 0.05) is 6.07 Å². The lowest BCUT2D eigenvalue weighted by molar-refractivity contribution is -0.153. The smallest absolute Gasteiger partial charge is 0.248 e. The Balaban J connectivity index is 2.23. The summed E-state index contributed by atoms with van der Waals surface area (Å²) in [6, 6.07) is 1.18. The average molecular weight is 237 g/mol. The molecule has 0 bridgehead atoms. The zero-order valence-electron chi connectivity index (χ0n) is 10.1. The molecule has 0 spiro atoms. The van der Waals surface area contributed by atoms with E-state index in [1.165, 1.54) is 11.1 Å². The summed E-state index contributed by atoms with van der Waals surface area (Å²) >= 11 is 0. The minimum absolute atomic E-state index is 0.124. The fourth-order valence-corrected chi connectivity index (χ4v) is 1.84. The second kappa shape index (κ2) is 3.87. The van der Waals surface area contributed by atoms with Gasteiger partial charge in [-0.25, -0.2) is 0 Å². The molecule has 1 aromatic heterocycles. The van der Waals surface area contributed by atoms with Gasteiger partial charge < -0.3 is 14.7 Å². The molecular formula is C11H15N3O3. The number of rotatable bonds is 2. The second-order valence-electron chi connectivity index (χ2n) is 4.70. The van der Waals surface area contributed by atoms with E-state index in [4.69, 9.17) is 4.52 Å². The Morgan fingerprint density at radius 2 is 2.24 bits per heavy atom. The standard InChI is InChI=1S/C11H15N3O3/c1-7-9(15)13-11(2,3)10(16)14(7)6-8-4-5-12-17-8/h4-5,7H,6H2,1-3H3,(H,13,15). The summed E-state index contributed by atoms with van der Waals surface area (Å²) in [5.41, 5.74) is -0.871. The monoisotopic (exact) mass is 237 g/mol. The van der Waals surface area contributed by atoms with Crippen molar-refractivity contribution >= 4 is 11.8 Å². The van der Waals surface area contributed by atoms with Crippen molar-refractivity contribution in [1.82, 2.24) is 15.4 Å². The highest BCUT2D eigenvalue weighted by Crippen LogP contribution is 2.20. The lowest BCUT2D eigenvalue weighted by Gasteiger charge is -2.41. The number of carbonyl (C=O) groups is 2. The van der Waals surface area contributed by atoms with Gasteiger partial charge in [0.25, 0.3) is 0 Å². The summed E-state index contributed by atoms with van der Waals surface area (Å²) in [4.78, 5) is 25.4. The molecule has 0 saturated carbocycles. The van der Waals surface area contributed by atoms with Crippen LogP contribution in [0.1, 0.15) is 26.5 Å². The molecule has 0 aliphatic carbocycles. The van der Waals surface area contributed by atoms with Crippen LogP contribution in [0.25, 0.3) is 0 Å². The molecule has 2 amide bonds. The van der Waals surface area contributed by atoms with E-state index >= 15 is 0 Å². The number of nitrogens with zero attached hydrogens (tertiary/aromatic N) is 2. The topological polar surface area (TPSA) is 75.4 Å². The van der Waals surface area contributed by atoms with Crippen LogP contribution in [0.2, 0.25) is 0 Å². The van der Waals surface area contributed by atoms with Crippen LogP contribution in [-0.4, -0.2) is 33.5 Å². The molecule has 2 heterocycles. The van der Waals surface area contributed by atoms with E-state index in [1.54, 1.807) is 26.8 Å². The van der Waals surface area contributed by atoms with Crippen molar-refractivity contribution in [2.45, 2.75) is 38.9 Å². The Labute approximate surface area is 98.9 Å². The summed E-state index contributed by atoms with van der Waals surface area (Å²) in [7, 11) is 0. The summed E-state index contributed by atoms with van der Waals surface area (Å²) < 4.78 is 4.96. The van der Waals surface area contributed by atoms with Crippen LogP contribution in [0.5, 0.6) is 0 Å². The van der Waals surface area contributed by atoms with Gasteiger partial charge in [-0.3, -0.25) is 9.59 Å². The van der Waals surface area contributed by atoms with Gasteiger partial charge in [0.2, 0.25) is 11.8 Å². The predicted octanol–water partition coefficient (Wildman–Crippen LogP) is 0.300. The van der Waals surface area contributed by atoms with Gasteiger partial charge in [-0.2, -0.15) is 0 Å². The second-order valence-corrected chi connectivity index (χ2v) is 4.70. The van der Waals surface area contributed by atoms with Gasteiger partial charge in [0.1, 0.15) is 11.6 Å². The minimum atomic E-state index is -0.871. The molecule has 1 aliphatic heterocycles. The van der Waals surface area contributed by atoms with Crippen molar-refractivity contribution in [3.63, 3.8) is 0 Å². The van der Waals surface area contributed by atoms with E-state index in [1.807, 2.05) is 0 Å². The minimum Gasteiger partial charge on any atom is -0.360 e. The molecular weight excluding hydrogens is 222 g/mol. The highest BCUT2D eigenvalue weighted by molar-refractivity contribution is 5.98. The number of aromatic nitrogens is 1. The molecule has 6 nitrogen and oxygen atoms in total. The lowest BCUT2D eigenvalue weighted by atomic mass is 9.97. The molecule has 2 rings (SSSR count). The summed E-state index contributed by atoms with van der Waals surface area (Å²) in [6.07, 6.45) is 1.51. The Morgan fingerprint density at radius 3 is 2.82 bits per heavy atom. The fourth-order valence-electron chi connectivity index (χ4n) is 1.84. The van der Waals surface area contributed by atoms with Crippen LogP contribution >= 0.6 is 0 Å². The lowest BCUT2D eigenvalue weighted by Crippen LogP contribution is -2.66. The van der Waals surface area contributed by atoms with Crippen LogP contribution in [0.3, 0.4) is 0 Å². The zero-order valence-corrected chi connectivity index (χ0v) is 10.1. The molecule has 1 atom stereocenters. The van der Waals surface area contributed by atoms with E-state index in [2.05, 4.69) is 10.5 Å². The molecule has 1 fully saturated rings. The molecule has 6 heteroatoms. The molecule has 1 saturated heterocycles. The third kappa shape index (κ3) is 2.02. The molecule has 0 radical (unpaired) electrons. The van der Waals surface area contributed by atoms with Crippen LogP contribution in [0.4, 0.5) is 0 Å². The van der Waals surface area contributed by atoms with Crippen LogP contribution in [0, 0.1) is 0 Å². The maximum atomic E-state index is 12.2. The highest BCUT2D eigenvalue weighted by atomic mass is 16.5.